The zero-order chi connectivity index (χ0) is 18.7. The Bertz CT molecular complexity index is 632. The number of nitro groups is 1. The molecule has 25 heavy (non-hydrogen) atoms. The molecule has 1 aliphatic rings. The van der Waals surface area contributed by atoms with Gasteiger partial charge in [0.2, 0.25) is 0 Å². The number of anilines is 1. The van der Waals surface area contributed by atoms with E-state index in [1.807, 2.05) is 12.1 Å². The molecule has 0 N–H and O–H groups in total. The maximum atomic E-state index is 11.7. The maximum absolute atomic E-state index is 11.7. The highest BCUT2D eigenvalue weighted by Crippen LogP contribution is 2.49. The lowest BCUT2D eigenvalue weighted by atomic mass is 10.0. The van der Waals surface area contributed by atoms with E-state index >= 15 is 0 Å². The molecular formula is C19H28N2O4. The van der Waals surface area contributed by atoms with Crippen LogP contribution in [0.4, 0.5) is 11.4 Å². The van der Waals surface area contributed by atoms with Gasteiger partial charge in [0.05, 0.1) is 18.0 Å². The van der Waals surface area contributed by atoms with Crippen LogP contribution < -0.4 is 4.90 Å². The second-order valence-electron chi connectivity index (χ2n) is 7.67. The van der Waals surface area contributed by atoms with Gasteiger partial charge in [0.1, 0.15) is 5.69 Å². The SMILES string of the molecule is COC(=O)[C@H]1C[C@H]1c1ccc(N(CC(C)C)CC(C)C)c([N+](=O)[O-])c1. The number of esters is 1. The Hall–Kier alpha value is -2.11. The van der Waals surface area contributed by atoms with E-state index in [9.17, 15) is 14.9 Å². The Morgan fingerprint density at radius 3 is 2.36 bits per heavy atom. The van der Waals surface area contributed by atoms with Gasteiger partial charge in [0.15, 0.2) is 0 Å². The van der Waals surface area contributed by atoms with Gasteiger partial charge in [0.25, 0.3) is 5.69 Å². The highest BCUT2D eigenvalue weighted by molar-refractivity contribution is 5.77. The molecule has 138 valence electrons. The van der Waals surface area contributed by atoms with Crippen LogP contribution in [0.5, 0.6) is 0 Å². The average Bonchev–Trinajstić information content (AvgIpc) is 3.32. The predicted molar refractivity (Wildman–Crippen MR) is 97.8 cm³/mol. The lowest BCUT2D eigenvalue weighted by molar-refractivity contribution is -0.384. The van der Waals surface area contributed by atoms with E-state index in [4.69, 9.17) is 4.74 Å². The number of rotatable bonds is 8. The van der Waals surface area contributed by atoms with Gasteiger partial charge in [-0.05, 0) is 35.8 Å². The third kappa shape index (κ3) is 4.71. The third-order valence-corrected chi connectivity index (χ3v) is 4.43. The molecule has 2 atom stereocenters. The van der Waals surface area contributed by atoms with Crippen LogP contribution in [0.1, 0.15) is 45.6 Å². The van der Waals surface area contributed by atoms with Crippen LogP contribution in [0.3, 0.4) is 0 Å². The van der Waals surface area contributed by atoms with Crippen LogP contribution in [-0.2, 0) is 9.53 Å². The molecule has 1 fully saturated rings. The molecule has 0 amide bonds. The molecule has 0 saturated heterocycles. The summed E-state index contributed by atoms with van der Waals surface area (Å²) in [5, 5.41) is 11.7. The van der Waals surface area contributed by atoms with Crippen LogP contribution in [-0.4, -0.2) is 31.1 Å². The number of carbonyl (C=O) groups excluding carboxylic acids is 1. The fraction of sp³-hybridized carbons (Fsp3) is 0.632. The minimum atomic E-state index is -0.317. The molecule has 0 aromatic heterocycles. The van der Waals surface area contributed by atoms with Crippen molar-refractivity contribution in [1.82, 2.24) is 0 Å². The Morgan fingerprint density at radius 2 is 1.88 bits per heavy atom. The van der Waals surface area contributed by atoms with Crippen molar-refractivity contribution in [3.63, 3.8) is 0 Å². The monoisotopic (exact) mass is 348 g/mol. The number of hydrogen-bond acceptors (Lipinski definition) is 5. The number of hydrogen-bond donors (Lipinski definition) is 0. The molecule has 0 bridgehead atoms. The standard InChI is InChI=1S/C19H28N2O4/c1-12(2)10-20(11-13(3)4)17-7-6-14(8-18(17)21(23)24)15-9-16(15)19(22)25-5/h6-8,12-13,15-16H,9-11H2,1-5H3/t15-,16-/m0/s1. The first-order chi connectivity index (χ1) is 11.7. The zero-order valence-electron chi connectivity index (χ0n) is 15.7. The minimum absolute atomic E-state index is 0.0313. The number of carbonyl (C=O) groups is 1. The average molecular weight is 348 g/mol. The minimum Gasteiger partial charge on any atom is -0.469 e. The topological polar surface area (TPSA) is 72.7 Å². The van der Waals surface area contributed by atoms with E-state index in [1.165, 1.54) is 7.11 Å². The number of benzene rings is 1. The molecule has 0 unspecified atom stereocenters. The fourth-order valence-electron chi connectivity index (χ4n) is 3.31. The number of nitro benzene ring substituents is 1. The van der Waals surface area contributed by atoms with Crippen molar-refractivity contribution in [3.05, 3.63) is 33.9 Å². The van der Waals surface area contributed by atoms with Crippen LogP contribution >= 0.6 is 0 Å². The number of nitrogens with zero attached hydrogens (tertiary/aromatic N) is 2. The van der Waals surface area contributed by atoms with Crippen molar-refractivity contribution in [2.75, 3.05) is 25.1 Å². The summed E-state index contributed by atoms with van der Waals surface area (Å²) in [4.78, 5) is 25.1. The van der Waals surface area contributed by atoms with Gasteiger partial charge in [-0.1, -0.05) is 33.8 Å². The number of methoxy groups -OCH3 is 1. The summed E-state index contributed by atoms with van der Waals surface area (Å²) in [7, 11) is 1.37. The van der Waals surface area contributed by atoms with Crippen molar-refractivity contribution in [2.45, 2.75) is 40.0 Å². The summed E-state index contributed by atoms with van der Waals surface area (Å²) in [6.07, 6.45) is 0.699. The molecule has 6 nitrogen and oxygen atoms in total. The van der Waals surface area contributed by atoms with E-state index in [1.54, 1.807) is 6.07 Å². The molecule has 2 rings (SSSR count). The van der Waals surface area contributed by atoms with Crippen LogP contribution in [0.2, 0.25) is 0 Å². The van der Waals surface area contributed by atoms with Gasteiger partial charge in [-0.2, -0.15) is 0 Å². The van der Waals surface area contributed by atoms with Crippen LogP contribution in [0.25, 0.3) is 0 Å². The predicted octanol–water partition coefficient (Wildman–Crippen LogP) is 3.99. The summed E-state index contributed by atoms with van der Waals surface area (Å²) in [6, 6.07) is 5.39. The van der Waals surface area contributed by atoms with E-state index < -0.39 is 0 Å². The second-order valence-corrected chi connectivity index (χ2v) is 7.67. The summed E-state index contributed by atoms with van der Waals surface area (Å²) >= 11 is 0. The van der Waals surface area contributed by atoms with E-state index in [0.717, 1.165) is 18.7 Å². The van der Waals surface area contributed by atoms with Crippen molar-refractivity contribution >= 4 is 17.3 Å². The summed E-state index contributed by atoms with van der Waals surface area (Å²) < 4.78 is 4.77. The van der Waals surface area contributed by atoms with Gasteiger partial charge in [-0.3, -0.25) is 14.9 Å². The van der Waals surface area contributed by atoms with E-state index in [0.29, 0.717) is 23.9 Å². The van der Waals surface area contributed by atoms with Crippen molar-refractivity contribution in [1.29, 1.82) is 0 Å². The lowest BCUT2D eigenvalue weighted by Crippen LogP contribution is -2.31. The molecule has 0 aliphatic heterocycles. The highest BCUT2D eigenvalue weighted by Gasteiger charge is 2.45. The molecule has 1 saturated carbocycles. The largest absolute Gasteiger partial charge is 0.469 e. The Kier molecular flexibility index (Phi) is 6.03. The first-order valence-corrected chi connectivity index (χ1v) is 8.85. The van der Waals surface area contributed by atoms with Gasteiger partial charge in [-0.15, -0.1) is 0 Å². The summed E-state index contributed by atoms with van der Waals surface area (Å²) in [6.45, 7) is 9.98. The number of ether oxygens (including phenoxy) is 1. The van der Waals surface area contributed by atoms with E-state index in [-0.39, 0.29) is 28.4 Å². The molecule has 1 aliphatic carbocycles. The summed E-state index contributed by atoms with van der Waals surface area (Å²) in [5.41, 5.74) is 1.63. The van der Waals surface area contributed by atoms with Gasteiger partial charge in [-0.25, -0.2) is 0 Å². The fourth-order valence-corrected chi connectivity index (χ4v) is 3.31. The third-order valence-electron chi connectivity index (χ3n) is 4.43. The Labute approximate surface area is 149 Å². The molecular weight excluding hydrogens is 320 g/mol. The second kappa shape index (κ2) is 7.85. The van der Waals surface area contributed by atoms with Crippen molar-refractivity contribution in [2.24, 2.45) is 17.8 Å². The Balaban J connectivity index is 2.32. The lowest BCUT2D eigenvalue weighted by Gasteiger charge is -2.28. The van der Waals surface area contributed by atoms with Crippen molar-refractivity contribution in [3.8, 4) is 0 Å². The molecule has 1 aromatic rings. The quantitative estimate of drug-likeness (QED) is 0.403. The summed E-state index contributed by atoms with van der Waals surface area (Å²) in [5.74, 6) is 0.440. The van der Waals surface area contributed by atoms with Crippen LogP contribution in [0, 0.1) is 27.9 Å². The van der Waals surface area contributed by atoms with Crippen molar-refractivity contribution < 1.29 is 14.5 Å². The van der Waals surface area contributed by atoms with Crippen LogP contribution in [0.15, 0.2) is 18.2 Å². The maximum Gasteiger partial charge on any atom is 0.309 e. The molecule has 0 radical (unpaired) electrons. The Morgan fingerprint density at radius 1 is 1.28 bits per heavy atom. The first-order valence-electron chi connectivity index (χ1n) is 8.85. The molecule has 1 aromatic carbocycles. The van der Waals surface area contributed by atoms with Gasteiger partial charge in [0, 0.05) is 19.2 Å². The van der Waals surface area contributed by atoms with Gasteiger partial charge < -0.3 is 9.64 Å². The zero-order valence-corrected chi connectivity index (χ0v) is 15.7. The highest BCUT2D eigenvalue weighted by atomic mass is 16.6. The smallest absolute Gasteiger partial charge is 0.309 e. The van der Waals surface area contributed by atoms with E-state index in [2.05, 4.69) is 32.6 Å². The molecule has 0 spiro atoms. The van der Waals surface area contributed by atoms with Gasteiger partial charge >= 0.3 is 5.97 Å². The normalized spacial score (nSPS) is 19.2. The molecule has 6 heteroatoms. The first kappa shape index (κ1) is 19.2. The molecule has 0 heterocycles.